The molecule has 23 heavy (non-hydrogen) atoms. The summed E-state index contributed by atoms with van der Waals surface area (Å²) in [4.78, 5) is 0. The van der Waals surface area contributed by atoms with Crippen molar-refractivity contribution in [2.75, 3.05) is 34.0 Å². The van der Waals surface area contributed by atoms with E-state index in [9.17, 15) is 0 Å². The first-order valence-corrected chi connectivity index (χ1v) is 10.1. The van der Waals surface area contributed by atoms with Crippen molar-refractivity contribution in [1.82, 2.24) is 0 Å². The lowest BCUT2D eigenvalue weighted by Crippen LogP contribution is -2.46. The predicted octanol–water partition coefficient (Wildman–Crippen LogP) is 3.60. The Morgan fingerprint density at radius 3 is 1.78 bits per heavy atom. The molecule has 1 aromatic carbocycles. The van der Waals surface area contributed by atoms with Gasteiger partial charge in [-0.2, -0.15) is 0 Å². The molecule has 0 atom stereocenters. The van der Waals surface area contributed by atoms with Gasteiger partial charge in [-0.3, -0.25) is 0 Å². The van der Waals surface area contributed by atoms with Crippen molar-refractivity contribution in [2.45, 2.75) is 40.2 Å². The van der Waals surface area contributed by atoms with E-state index in [-0.39, 0.29) is 0 Å². The van der Waals surface area contributed by atoms with Gasteiger partial charge in [0.15, 0.2) is 0 Å². The van der Waals surface area contributed by atoms with Crippen molar-refractivity contribution in [3.05, 3.63) is 23.3 Å². The van der Waals surface area contributed by atoms with Gasteiger partial charge in [0.05, 0.1) is 14.2 Å². The SMILES string of the molecule is CCO[Si](CCc1cc(OC)c(C)cc1OC)(OCC)OCC. The van der Waals surface area contributed by atoms with Crippen LogP contribution in [-0.4, -0.2) is 42.8 Å². The number of rotatable bonds is 11. The third-order valence-corrected chi connectivity index (χ3v) is 6.64. The number of ether oxygens (including phenoxy) is 2. The van der Waals surface area contributed by atoms with Crippen LogP contribution >= 0.6 is 0 Å². The van der Waals surface area contributed by atoms with Gasteiger partial charge in [-0.05, 0) is 57.4 Å². The minimum atomic E-state index is -2.65. The van der Waals surface area contributed by atoms with Gasteiger partial charge < -0.3 is 22.8 Å². The van der Waals surface area contributed by atoms with Crippen LogP contribution in [0.4, 0.5) is 0 Å². The van der Waals surface area contributed by atoms with Crippen LogP contribution in [0.1, 0.15) is 31.9 Å². The maximum atomic E-state index is 5.91. The van der Waals surface area contributed by atoms with Crippen molar-refractivity contribution < 1.29 is 22.8 Å². The largest absolute Gasteiger partial charge is 0.501 e. The topological polar surface area (TPSA) is 46.2 Å². The van der Waals surface area contributed by atoms with Gasteiger partial charge in [0.25, 0.3) is 0 Å². The number of hydrogen-bond donors (Lipinski definition) is 0. The first-order chi connectivity index (χ1) is 11.1. The van der Waals surface area contributed by atoms with Crippen molar-refractivity contribution in [2.24, 2.45) is 0 Å². The Morgan fingerprint density at radius 1 is 0.826 bits per heavy atom. The summed E-state index contributed by atoms with van der Waals surface area (Å²) < 4.78 is 28.7. The smallest absolute Gasteiger partial charge is 0.496 e. The maximum absolute atomic E-state index is 5.91. The molecule has 0 bridgehead atoms. The molecule has 0 aromatic heterocycles. The molecule has 0 aliphatic heterocycles. The summed E-state index contributed by atoms with van der Waals surface area (Å²) in [5.41, 5.74) is 2.13. The van der Waals surface area contributed by atoms with Crippen LogP contribution in [-0.2, 0) is 19.7 Å². The van der Waals surface area contributed by atoms with Crippen LogP contribution < -0.4 is 9.47 Å². The highest BCUT2D eigenvalue weighted by Gasteiger charge is 2.40. The lowest BCUT2D eigenvalue weighted by Gasteiger charge is -2.28. The van der Waals surface area contributed by atoms with Gasteiger partial charge in [0.2, 0.25) is 0 Å². The van der Waals surface area contributed by atoms with Gasteiger partial charge >= 0.3 is 8.80 Å². The summed E-state index contributed by atoms with van der Waals surface area (Å²) in [7, 11) is 0.711. The molecule has 0 heterocycles. The number of methoxy groups -OCH3 is 2. The quantitative estimate of drug-likeness (QED) is 0.575. The fourth-order valence-electron chi connectivity index (χ4n) is 2.60. The second-order valence-electron chi connectivity index (χ2n) is 5.12. The molecule has 6 heteroatoms. The molecule has 5 nitrogen and oxygen atoms in total. The summed E-state index contributed by atoms with van der Waals surface area (Å²) >= 11 is 0. The van der Waals surface area contributed by atoms with E-state index in [0.29, 0.717) is 25.9 Å². The Bertz CT molecular complexity index is 461. The molecule has 0 aliphatic rings. The minimum absolute atomic E-state index is 0.584. The highest BCUT2D eigenvalue weighted by molar-refractivity contribution is 6.60. The van der Waals surface area contributed by atoms with Gasteiger partial charge in [0, 0.05) is 25.9 Å². The number of aryl methyl sites for hydroxylation is 2. The fourth-order valence-corrected chi connectivity index (χ4v) is 5.18. The van der Waals surface area contributed by atoms with E-state index in [0.717, 1.165) is 29.0 Å². The molecular weight excluding hydrogens is 312 g/mol. The standard InChI is InChI=1S/C17H30O5Si/c1-7-20-23(21-8-2,22-9-3)11-10-15-13-16(18-5)14(4)12-17(15)19-6/h12-13H,7-11H2,1-6H3. The van der Waals surface area contributed by atoms with E-state index in [2.05, 4.69) is 0 Å². The molecule has 1 aromatic rings. The predicted molar refractivity (Wildman–Crippen MR) is 93.4 cm³/mol. The molecule has 0 aliphatic carbocycles. The highest BCUT2D eigenvalue weighted by Crippen LogP contribution is 2.31. The Morgan fingerprint density at radius 2 is 1.35 bits per heavy atom. The molecule has 132 valence electrons. The van der Waals surface area contributed by atoms with Crippen molar-refractivity contribution in [3.8, 4) is 11.5 Å². The Balaban J connectivity index is 2.99. The Hall–Kier alpha value is -1.08. The molecule has 0 amide bonds. The number of hydrogen-bond acceptors (Lipinski definition) is 5. The van der Waals surface area contributed by atoms with Gasteiger partial charge in [-0.25, -0.2) is 0 Å². The van der Waals surface area contributed by atoms with Crippen LogP contribution in [0.2, 0.25) is 6.04 Å². The molecule has 0 spiro atoms. The lowest BCUT2D eigenvalue weighted by atomic mass is 10.1. The van der Waals surface area contributed by atoms with E-state index in [1.165, 1.54) is 0 Å². The lowest BCUT2D eigenvalue weighted by molar-refractivity contribution is 0.0714. The molecular formula is C17H30O5Si. The average molecular weight is 343 g/mol. The number of benzene rings is 1. The van der Waals surface area contributed by atoms with E-state index in [1.54, 1.807) is 14.2 Å². The molecule has 1 rings (SSSR count). The Labute approximate surface area is 141 Å². The maximum Gasteiger partial charge on any atom is 0.501 e. The molecule has 0 radical (unpaired) electrons. The second-order valence-corrected chi connectivity index (χ2v) is 7.85. The van der Waals surface area contributed by atoms with Crippen molar-refractivity contribution in [1.29, 1.82) is 0 Å². The van der Waals surface area contributed by atoms with E-state index in [1.807, 2.05) is 39.8 Å². The molecule has 0 saturated carbocycles. The average Bonchev–Trinajstić information content (AvgIpc) is 2.54. The van der Waals surface area contributed by atoms with E-state index >= 15 is 0 Å². The Kier molecular flexibility index (Phi) is 8.61. The van der Waals surface area contributed by atoms with Crippen LogP contribution in [0, 0.1) is 6.92 Å². The zero-order valence-electron chi connectivity index (χ0n) is 15.2. The molecule has 0 fully saturated rings. The summed E-state index contributed by atoms with van der Waals surface area (Å²) in [5.74, 6) is 1.72. The zero-order chi connectivity index (χ0) is 17.3. The third-order valence-electron chi connectivity index (χ3n) is 3.59. The summed E-state index contributed by atoms with van der Waals surface area (Å²) in [6, 6.07) is 4.74. The van der Waals surface area contributed by atoms with E-state index < -0.39 is 8.80 Å². The van der Waals surface area contributed by atoms with Gasteiger partial charge in [-0.1, -0.05) is 0 Å². The summed E-state index contributed by atoms with van der Waals surface area (Å²) in [6.45, 7) is 9.66. The summed E-state index contributed by atoms with van der Waals surface area (Å²) in [6.07, 6.45) is 0.756. The van der Waals surface area contributed by atoms with Crippen LogP contribution in [0.5, 0.6) is 11.5 Å². The minimum Gasteiger partial charge on any atom is -0.496 e. The third kappa shape index (κ3) is 5.49. The van der Waals surface area contributed by atoms with Crippen LogP contribution in [0.3, 0.4) is 0 Å². The molecule has 0 unspecified atom stereocenters. The highest BCUT2D eigenvalue weighted by atomic mass is 28.4. The van der Waals surface area contributed by atoms with Crippen molar-refractivity contribution >= 4 is 8.80 Å². The summed E-state index contributed by atoms with van der Waals surface area (Å²) in [5, 5.41) is 0. The molecule has 0 N–H and O–H groups in total. The normalized spacial score (nSPS) is 11.6. The first-order valence-electron chi connectivity index (χ1n) is 8.19. The fraction of sp³-hybridized carbons (Fsp3) is 0.647. The molecule has 0 saturated heterocycles. The van der Waals surface area contributed by atoms with Gasteiger partial charge in [0.1, 0.15) is 11.5 Å². The second kappa shape index (κ2) is 9.92. The van der Waals surface area contributed by atoms with Gasteiger partial charge in [-0.15, -0.1) is 0 Å². The monoisotopic (exact) mass is 342 g/mol. The van der Waals surface area contributed by atoms with Crippen LogP contribution in [0.25, 0.3) is 0 Å². The first kappa shape index (κ1) is 20.0. The van der Waals surface area contributed by atoms with Crippen molar-refractivity contribution in [3.63, 3.8) is 0 Å². The zero-order valence-corrected chi connectivity index (χ0v) is 16.2. The van der Waals surface area contributed by atoms with Crippen LogP contribution in [0.15, 0.2) is 12.1 Å². The van der Waals surface area contributed by atoms with E-state index in [4.69, 9.17) is 22.8 Å².